The highest BCUT2D eigenvalue weighted by molar-refractivity contribution is 6.24. The molecule has 1 unspecified atom stereocenters. The lowest BCUT2D eigenvalue weighted by Crippen LogP contribution is -2.54. The van der Waals surface area contributed by atoms with Gasteiger partial charge in [-0.3, -0.25) is 24.6 Å². The monoisotopic (exact) mass is 487 g/mol. The Hall–Kier alpha value is -4.66. The average Bonchev–Trinajstić information content (AvgIpc) is 3.19. The molecule has 1 aliphatic rings. The zero-order chi connectivity index (χ0) is 25.8. The predicted octanol–water partition coefficient (Wildman–Crippen LogP) is 3.13. The van der Waals surface area contributed by atoms with Crippen LogP contribution in [0, 0.1) is 6.92 Å². The van der Waals surface area contributed by atoms with Gasteiger partial charge < -0.3 is 9.47 Å². The van der Waals surface area contributed by atoms with Crippen LogP contribution in [0.25, 0.3) is 0 Å². The molecule has 9 heteroatoms. The van der Waals surface area contributed by atoms with Gasteiger partial charge in [-0.05, 0) is 43.3 Å². The maximum Gasteiger partial charge on any atom is 0.273 e. The Labute approximate surface area is 208 Å². The SMILES string of the molecule is COc1ccc(OC)c(N2C(=O)CC(N(NC(=O)c3ccccc3)C(=O)c3cccc(C)c3)C2=O)c1. The van der Waals surface area contributed by atoms with Crippen LogP contribution in [0.4, 0.5) is 5.69 Å². The largest absolute Gasteiger partial charge is 0.497 e. The van der Waals surface area contributed by atoms with Gasteiger partial charge in [0.15, 0.2) is 0 Å². The van der Waals surface area contributed by atoms with Gasteiger partial charge in [0.2, 0.25) is 5.91 Å². The van der Waals surface area contributed by atoms with E-state index in [1.54, 1.807) is 60.7 Å². The molecule has 1 heterocycles. The Bertz CT molecular complexity index is 1320. The van der Waals surface area contributed by atoms with E-state index in [0.717, 1.165) is 15.5 Å². The molecule has 0 aromatic heterocycles. The van der Waals surface area contributed by atoms with E-state index in [1.165, 1.54) is 20.3 Å². The lowest BCUT2D eigenvalue weighted by molar-refractivity contribution is -0.122. The van der Waals surface area contributed by atoms with E-state index >= 15 is 0 Å². The Kier molecular flexibility index (Phi) is 7.00. The number of carbonyl (C=O) groups is 4. The first-order valence-corrected chi connectivity index (χ1v) is 11.2. The number of imide groups is 1. The maximum absolute atomic E-state index is 13.6. The molecule has 36 heavy (non-hydrogen) atoms. The summed E-state index contributed by atoms with van der Waals surface area (Å²) in [5, 5.41) is 0.941. The second-order valence-corrected chi connectivity index (χ2v) is 8.18. The Morgan fingerprint density at radius 2 is 1.64 bits per heavy atom. The number of amides is 4. The van der Waals surface area contributed by atoms with Crippen molar-refractivity contribution in [2.45, 2.75) is 19.4 Å². The summed E-state index contributed by atoms with van der Waals surface area (Å²) in [6.45, 7) is 1.82. The smallest absolute Gasteiger partial charge is 0.273 e. The van der Waals surface area contributed by atoms with Gasteiger partial charge in [-0.1, -0.05) is 35.9 Å². The number of hydrogen-bond acceptors (Lipinski definition) is 6. The van der Waals surface area contributed by atoms with Crippen LogP contribution in [-0.4, -0.2) is 48.9 Å². The molecule has 0 aliphatic carbocycles. The fourth-order valence-corrected chi connectivity index (χ4v) is 3.99. The van der Waals surface area contributed by atoms with Gasteiger partial charge in [0.05, 0.1) is 26.3 Å². The standard InChI is InChI=1S/C27H25N3O6/c1-17-8-7-11-19(14-17)26(33)30(28-25(32)18-9-5-4-6-10-18)22-16-24(31)29(27(22)34)21-15-20(35-2)12-13-23(21)36-3/h4-15,22H,16H2,1-3H3,(H,28,32). The van der Waals surface area contributed by atoms with Crippen LogP contribution < -0.4 is 19.8 Å². The molecule has 3 aromatic carbocycles. The lowest BCUT2D eigenvalue weighted by atomic mass is 10.1. The fraction of sp³-hybridized carbons (Fsp3) is 0.185. The first kappa shape index (κ1) is 24.5. The molecule has 1 N–H and O–H groups in total. The second kappa shape index (κ2) is 10.3. The van der Waals surface area contributed by atoms with Crippen LogP contribution in [0.2, 0.25) is 0 Å². The minimum atomic E-state index is -1.27. The van der Waals surface area contributed by atoms with E-state index < -0.39 is 29.7 Å². The highest BCUT2D eigenvalue weighted by Crippen LogP contribution is 2.36. The highest BCUT2D eigenvalue weighted by atomic mass is 16.5. The van der Waals surface area contributed by atoms with E-state index in [0.29, 0.717) is 11.3 Å². The number of carbonyl (C=O) groups excluding carboxylic acids is 4. The molecule has 0 saturated carbocycles. The first-order chi connectivity index (χ1) is 17.3. The number of nitrogens with one attached hydrogen (secondary N) is 1. The van der Waals surface area contributed by atoms with E-state index in [9.17, 15) is 19.2 Å². The summed E-state index contributed by atoms with van der Waals surface area (Å²) in [6, 6.07) is 18.5. The number of hydrazine groups is 1. The number of hydrogen-bond donors (Lipinski definition) is 1. The van der Waals surface area contributed by atoms with Crippen LogP contribution >= 0.6 is 0 Å². The summed E-state index contributed by atoms with van der Waals surface area (Å²) in [6.07, 6.45) is -0.328. The Balaban J connectivity index is 1.72. The number of ether oxygens (including phenoxy) is 2. The summed E-state index contributed by atoms with van der Waals surface area (Å²) >= 11 is 0. The number of rotatable bonds is 6. The second-order valence-electron chi connectivity index (χ2n) is 8.18. The number of anilines is 1. The molecule has 3 aromatic rings. The Morgan fingerprint density at radius 3 is 2.31 bits per heavy atom. The van der Waals surface area contributed by atoms with E-state index in [1.807, 2.05) is 13.0 Å². The molecule has 0 bridgehead atoms. The van der Waals surface area contributed by atoms with Crippen molar-refractivity contribution in [3.8, 4) is 11.5 Å². The molecule has 1 fully saturated rings. The van der Waals surface area contributed by atoms with Gasteiger partial charge in [0.1, 0.15) is 17.5 Å². The molecular formula is C27H25N3O6. The van der Waals surface area contributed by atoms with Crippen molar-refractivity contribution in [1.82, 2.24) is 10.4 Å². The summed E-state index contributed by atoms with van der Waals surface area (Å²) in [4.78, 5) is 54.2. The number of aryl methyl sites for hydroxylation is 1. The number of nitrogens with zero attached hydrogens (tertiary/aromatic N) is 2. The van der Waals surface area contributed by atoms with E-state index in [-0.39, 0.29) is 23.4 Å². The maximum atomic E-state index is 13.6. The summed E-state index contributed by atoms with van der Waals surface area (Å²) in [5.74, 6) is -1.74. The van der Waals surface area contributed by atoms with E-state index in [4.69, 9.17) is 9.47 Å². The van der Waals surface area contributed by atoms with Crippen molar-refractivity contribution in [2.75, 3.05) is 19.1 Å². The minimum absolute atomic E-state index is 0.187. The normalized spacial score (nSPS) is 15.0. The van der Waals surface area contributed by atoms with Gasteiger partial charge in [-0.15, -0.1) is 0 Å². The topological polar surface area (TPSA) is 105 Å². The molecule has 1 saturated heterocycles. The van der Waals surface area contributed by atoms with Gasteiger partial charge in [0, 0.05) is 17.2 Å². The molecule has 4 rings (SSSR count). The summed E-state index contributed by atoms with van der Waals surface area (Å²) < 4.78 is 10.6. The third kappa shape index (κ3) is 4.76. The molecule has 9 nitrogen and oxygen atoms in total. The molecule has 184 valence electrons. The minimum Gasteiger partial charge on any atom is -0.497 e. The molecular weight excluding hydrogens is 462 g/mol. The average molecular weight is 488 g/mol. The fourth-order valence-electron chi connectivity index (χ4n) is 3.99. The van der Waals surface area contributed by atoms with Crippen molar-refractivity contribution >= 4 is 29.3 Å². The molecule has 0 radical (unpaired) electrons. The third-order valence-corrected chi connectivity index (χ3v) is 5.80. The Morgan fingerprint density at radius 1 is 0.917 bits per heavy atom. The summed E-state index contributed by atoms with van der Waals surface area (Å²) in [5.41, 5.74) is 4.13. The van der Waals surface area contributed by atoms with Gasteiger partial charge in [-0.2, -0.15) is 0 Å². The van der Waals surface area contributed by atoms with Crippen LogP contribution in [0.5, 0.6) is 11.5 Å². The van der Waals surface area contributed by atoms with Crippen LogP contribution in [0.3, 0.4) is 0 Å². The zero-order valence-electron chi connectivity index (χ0n) is 20.1. The van der Waals surface area contributed by atoms with Crippen LogP contribution in [0.15, 0.2) is 72.8 Å². The van der Waals surface area contributed by atoms with Crippen molar-refractivity contribution in [3.05, 3.63) is 89.5 Å². The molecule has 1 atom stereocenters. The van der Waals surface area contributed by atoms with Crippen molar-refractivity contribution in [1.29, 1.82) is 0 Å². The molecule has 0 spiro atoms. The first-order valence-electron chi connectivity index (χ1n) is 11.2. The van der Waals surface area contributed by atoms with Crippen LogP contribution in [0.1, 0.15) is 32.7 Å². The number of benzene rings is 3. The van der Waals surface area contributed by atoms with Crippen molar-refractivity contribution < 1.29 is 28.7 Å². The summed E-state index contributed by atoms with van der Waals surface area (Å²) in [7, 11) is 2.88. The molecule has 1 aliphatic heterocycles. The lowest BCUT2D eigenvalue weighted by Gasteiger charge is -2.28. The third-order valence-electron chi connectivity index (χ3n) is 5.80. The van der Waals surface area contributed by atoms with Crippen LogP contribution in [-0.2, 0) is 9.59 Å². The van der Waals surface area contributed by atoms with Crippen molar-refractivity contribution in [2.24, 2.45) is 0 Å². The van der Waals surface area contributed by atoms with Gasteiger partial charge >= 0.3 is 0 Å². The zero-order valence-corrected chi connectivity index (χ0v) is 20.1. The predicted molar refractivity (Wildman–Crippen MR) is 132 cm³/mol. The highest BCUT2D eigenvalue weighted by Gasteiger charge is 2.46. The van der Waals surface area contributed by atoms with Gasteiger partial charge in [0.25, 0.3) is 17.7 Å². The quantitative estimate of drug-likeness (QED) is 0.423. The molecule has 4 amide bonds. The van der Waals surface area contributed by atoms with Gasteiger partial charge in [-0.25, -0.2) is 9.91 Å². The number of methoxy groups -OCH3 is 2. The van der Waals surface area contributed by atoms with E-state index in [2.05, 4.69) is 5.43 Å². The van der Waals surface area contributed by atoms with Crippen molar-refractivity contribution in [3.63, 3.8) is 0 Å².